The molecule has 0 spiro atoms. The lowest BCUT2D eigenvalue weighted by Gasteiger charge is -2.23. The van der Waals surface area contributed by atoms with Crippen LogP contribution in [0.25, 0.3) is 0 Å². The number of halogens is 1. The number of nitro benzene ring substituents is 1. The third-order valence-corrected chi connectivity index (χ3v) is 3.27. The minimum Gasteiger partial charge on any atom is -0.348 e. The van der Waals surface area contributed by atoms with Crippen LogP contribution in [0.1, 0.15) is 23.2 Å². The molecule has 1 heterocycles. The van der Waals surface area contributed by atoms with Crippen molar-refractivity contribution in [2.24, 2.45) is 0 Å². The van der Waals surface area contributed by atoms with Gasteiger partial charge < -0.3 is 10.6 Å². The number of nitrogens with one attached hydrogen (secondary N) is 2. The zero-order valence-corrected chi connectivity index (χ0v) is 10.9. The highest BCUT2D eigenvalue weighted by molar-refractivity contribution is 6.31. The highest BCUT2D eigenvalue weighted by Gasteiger charge is 2.23. The second-order valence-electron chi connectivity index (χ2n) is 4.44. The van der Waals surface area contributed by atoms with E-state index in [-0.39, 0.29) is 22.3 Å². The normalized spacial score (nSPS) is 18.9. The third-order valence-electron chi connectivity index (χ3n) is 3.03. The second kappa shape index (κ2) is 5.99. The quantitative estimate of drug-likeness (QED) is 0.653. The number of hydrogen-bond acceptors (Lipinski definition) is 4. The number of benzene rings is 1. The summed E-state index contributed by atoms with van der Waals surface area (Å²) in [6.07, 6.45) is 1.85. The molecular weight excluding hydrogens is 270 g/mol. The van der Waals surface area contributed by atoms with E-state index in [2.05, 4.69) is 10.6 Å². The van der Waals surface area contributed by atoms with Gasteiger partial charge in [-0.1, -0.05) is 11.6 Å². The molecule has 1 aromatic carbocycles. The van der Waals surface area contributed by atoms with Crippen molar-refractivity contribution in [3.05, 3.63) is 38.9 Å². The lowest BCUT2D eigenvalue weighted by molar-refractivity contribution is -0.385. The van der Waals surface area contributed by atoms with Gasteiger partial charge in [0.15, 0.2) is 0 Å². The summed E-state index contributed by atoms with van der Waals surface area (Å²) in [5.74, 6) is -0.433. The summed E-state index contributed by atoms with van der Waals surface area (Å²) in [7, 11) is 0. The summed E-state index contributed by atoms with van der Waals surface area (Å²) in [4.78, 5) is 22.4. The van der Waals surface area contributed by atoms with Crippen LogP contribution in [0.15, 0.2) is 18.2 Å². The smallest absolute Gasteiger partial charge is 0.283 e. The Kier molecular flexibility index (Phi) is 4.34. The van der Waals surface area contributed by atoms with Crippen LogP contribution in [0.4, 0.5) is 5.69 Å². The first-order chi connectivity index (χ1) is 9.08. The van der Waals surface area contributed by atoms with E-state index in [0.29, 0.717) is 6.54 Å². The van der Waals surface area contributed by atoms with E-state index in [9.17, 15) is 14.9 Å². The first-order valence-electron chi connectivity index (χ1n) is 6.03. The van der Waals surface area contributed by atoms with Crippen molar-refractivity contribution in [2.45, 2.75) is 18.9 Å². The van der Waals surface area contributed by atoms with Crippen molar-refractivity contribution in [3.8, 4) is 0 Å². The summed E-state index contributed by atoms with van der Waals surface area (Å²) in [5, 5.41) is 17.1. The van der Waals surface area contributed by atoms with Gasteiger partial charge in [0.05, 0.1) is 4.92 Å². The van der Waals surface area contributed by atoms with Crippen molar-refractivity contribution in [2.75, 3.05) is 13.1 Å². The van der Waals surface area contributed by atoms with Crippen molar-refractivity contribution in [1.29, 1.82) is 0 Å². The Hall–Kier alpha value is -1.66. The van der Waals surface area contributed by atoms with Crippen molar-refractivity contribution < 1.29 is 9.72 Å². The number of nitro groups is 1. The standard InChI is InChI=1S/C12H14ClN3O3/c13-8-3-4-10(11(6-8)16(18)19)12(17)15-9-2-1-5-14-7-9/h3-4,6,9,14H,1-2,5,7H2,(H,15,17). The zero-order chi connectivity index (χ0) is 13.8. The number of amides is 1. The van der Waals surface area contributed by atoms with Crippen LogP contribution in [0.3, 0.4) is 0 Å². The lowest BCUT2D eigenvalue weighted by atomic mass is 10.1. The first-order valence-corrected chi connectivity index (χ1v) is 6.41. The highest BCUT2D eigenvalue weighted by atomic mass is 35.5. The molecule has 0 aromatic heterocycles. The Bertz CT molecular complexity index is 501. The number of carbonyl (C=O) groups is 1. The Labute approximate surface area is 115 Å². The van der Waals surface area contributed by atoms with Crippen LogP contribution in [0, 0.1) is 10.1 Å². The molecule has 102 valence electrons. The maximum atomic E-state index is 12.1. The molecule has 0 saturated carbocycles. The van der Waals surface area contributed by atoms with Gasteiger partial charge in [-0.25, -0.2) is 0 Å². The summed E-state index contributed by atoms with van der Waals surface area (Å²) in [6.45, 7) is 1.63. The molecule has 2 N–H and O–H groups in total. The molecule has 0 aliphatic carbocycles. The minimum atomic E-state index is -0.597. The van der Waals surface area contributed by atoms with Gasteiger partial charge in [-0.05, 0) is 31.5 Å². The fourth-order valence-corrected chi connectivity index (χ4v) is 2.25. The summed E-state index contributed by atoms with van der Waals surface area (Å²) in [5.41, 5.74) is -0.228. The first kappa shape index (κ1) is 13.8. The molecule has 7 heteroatoms. The number of rotatable bonds is 3. The summed E-state index contributed by atoms with van der Waals surface area (Å²) < 4.78 is 0. The Balaban J connectivity index is 2.16. The van der Waals surface area contributed by atoms with Gasteiger partial charge in [-0.3, -0.25) is 14.9 Å². The van der Waals surface area contributed by atoms with Crippen LogP contribution in [-0.2, 0) is 0 Å². The van der Waals surface area contributed by atoms with E-state index in [1.807, 2.05) is 0 Å². The average Bonchev–Trinajstić information content (AvgIpc) is 2.39. The number of hydrogen-bond donors (Lipinski definition) is 2. The summed E-state index contributed by atoms with van der Waals surface area (Å²) >= 11 is 5.71. The number of nitrogens with zero attached hydrogens (tertiary/aromatic N) is 1. The second-order valence-corrected chi connectivity index (χ2v) is 4.87. The molecule has 1 aromatic rings. The minimum absolute atomic E-state index is 0.0107. The van der Waals surface area contributed by atoms with Crippen molar-refractivity contribution >= 4 is 23.2 Å². The van der Waals surface area contributed by atoms with Gasteiger partial charge in [0.25, 0.3) is 11.6 Å². The molecule has 1 fully saturated rings. The fraction of sp³-hybridized carbons (Fsp3) is 0.417. The molecule has 19 heavy (non-hydrogen) atoms. The topological polar surface area (TPSA) is 84.3 Å². The maximum absolute atomic E-state index is 12.1. The third kappa shape index (κ3) is 3.42. The zero-order valence-electron chi connectivity index (χ0n) is 10.2. The molecule has 1 aliphatic heterocycles. The van der Waals surface area contributed by atoms with Crippen LogP contribution in [-0.4, -0.2) is 30.0 Å². The molecular formula is C12H14ClN3O3. The van der Waals surface area contributed by atoms with Crippen LogP contribution < -0.4 is 10.6 Å². The van der Waals surface area contributed by atoms with Crippen molar-refractivity contribution in [3.63, 3.8) is 0 Å². The monoisotopic (exact) mass is 283 g/mol. The van der Waals surface area contributed by atoms with Gasteiger partial charge in [-0.15, -0.1) is 0 Å². The van der Waals surface area contributed by atoms with Crippen LogP contribution in [0.5, 0.6) is 0 Å². The number of carbonyl (C=O) groups excluding carboxylic acids is 1. The Morgan fingerprint density at radius 3 is 2.95 bits per heavy atom. The molecule has 1 saturated heterocycles. The van der Waals surface area contributed by atoms with Gasteiger partial charge in [0, 0.05) is 23.7 Å². The molecule has 1 aliphatic rings. The van der Waals surface area contributed by atoms with E-state index in [1.165, 1.54) is 18.2 Å². The van der Waals surface area contributed by atoms with Gasteiger partial charge in [0.2, 0.25) is 0 Å². The van der Waals surface area contributed by atoms with Crippen LogP contribution in [0.2, 0.25) is 5.02 Å². The fourth-order valence-electron chi connectivity index (χ4n) is 2.09. The largest absolute Gasteiger partial charge is 0.348 e. The molecule has 6 nitrogen and oxygen atoms in total. The molecule has 1 amide bonds. The van der Waals surface area contributed by atoms with Gasteiger partial charge in [-0.2, -0.15) is 0 Å². The number of piperidine rings is 1. The van der Waals surface area contributed by atoms with Gasteiger partial charge in [0.1, 0.15) is 5.56 Å². The van der Waals surface area contributed by atoms with E-state index in [4.69, 9.17) is 11.6 Å². The Morgan fingerprint density at radius 1 is 1.53 bits per heavy atom. The molecule has 0 bridgehead atoms. The Morgan fingerprint density at radius 2 is 2.32 bits per heavy atom. The predicted octanol–water partition coefficient (Wildman–Crippen LogP) is 1.73. The average molecular weight is 284 g/mol. The van der Waals surface area contributed by atoms with E-state index < -0.39 is 10.8 Å². The van der Waals surface area contributed by atoms with E-state index in [1.54, 1.807) is 0 Å². The SMILES string of the molecule is O=C(NC1CCCNC1)c1ccc(Cl)cc1[N+](=O)[O-]. The lowest BCUT2D eigenvalue weighted by Crippen LogP contribution is -2.45. The predicted molar refractivity (Wildman–Crippen MR) is 71.5 cm³/mol. The molecule has 1 atom stereocenters. The molecule has 1 unspecified atom stereocenters. The van der Waals surface area contributed by atoms with Crippen molar-refractivity contribution in [1.82, 2.24) is 10.6 Å². The molecule has 2 rings (SSSR count). The van der Waals surface area contributed by atoms with E-state index in [0.717, 1.165) is 19.4 Å². The maximum Gasteiger partial charge on any atom is 0.283 e. The summed E-state index contributed by atoms with van der Waals surface area (Å²) in [6, 6.07) is 4.06. The van der Waals surface area contributed by atoms with Crippen LogP contribution >= 0.6 is 11.6 Å². The molecule has 0 radical (unpaired) electrons. The van der Waals surface area contributed by atoms with E-state index >= 15 is 0 Å². The highest BCUT2D eigenvalue weighted by Crippen LogP contribution is 2.23. The van der Waals surface area contributed by atoms with Gasteiger partial charge >= 0.3 is 0 Å².